The van der Waals surface area contributed by atoms with E-state index < -0.39 is 15.8 Å². The summed E-state index contributed by atoms with van der Waals surface area (Å²) in [6.45, 7) is 1.52. The van der Waals surface area contributed by atoms with Crippen LogP contribution in [-0.4, -0.2) is 33.2 Å². The van der Waals surface area contributed by atoms with Crippen LogP contribution in [0.15, 0.2) is 57.8 Å². The lowest BCUT2D eigenvalue weighted by molar-refractivity contribution is 0.590. The highest BCUT2D eigenvalue weighted by atomic mass is 32.2. The topological polar surface area (TPSA) is 49.7 Å². The molecule has 0 fully saturated rings. The molecule has 0 atom stereocenters. The predicted octanol–water partition coefficient (Wildman–Crippen LogP) is 2.83. The first-order valence-corrected chi connectivity index (χ1v) is 8.09. The minimum absolute atomic E-state index is 0.0262. The van der Waals surface area contributed by atoms with Gasteiger partial charge in [0, 0.05) is 19.7 Å². The summed E-state index contributed by atoms with van der Waals surface area (Å²) in [6.07, 6.45) is 0. The Balaban J connectivity index is 2.53. The van der Waals surface area contributed by atoms with Crippen molar-refractivity contribution in [2.75, 3.05) is 14.1 Å². The van der Waals surface area contributed by atoms with Crippen LogP contribution in [0.25, 0.3) is 0 Å². The van der Waals surface area contributed by atoms with Crippen LogP contribution >= 0.6 is 0 Å². The molecule has 6 heteroatoms. The van der Waals surface area contributed by atoms with E-state index in [9.17, 15) is 12.8 Å². The summed E-state index contributed by atoms with van der Waals surface area (Å²) in [6, 6.07) is 12.7. The Morgan fingerprint density at radius 2 is 1.73 bits per heavy atom. The van der Waals surface area contributed by atoms with Gasteiger partial charge >= 0.3 is 0 Å². The fourth-order valence-electron chi connectivity index (χ4n) is 1.92. The quantitative estimate of drug-likeness (QED) is 0.645. The summed E-state index contributed by atoms with van der Waals surface area (Å²) in [5.74, 6) is -0.124. The van der Waals surface area contributed by atoms with Crippen molar-refractivity contribution in [1.29, 1.82) is 0 Å². The summed E-state index contributed by atoms with van der Waals surface area (Å²) in [4.78, 5) is 1.60. The zero-order valence-electron chi connectivity index (χ0n) is 12.6. The molecular weight excluding hydrogens is 303 g/mol. The maximum absolute atomic E-state index is 13.3. The molecule has 0 aromatic heterocycles. The van der Waals surface area contributed by atoms with Crippen LogP contribution in [0.1, 0.15) is 11.1 Å². The van der Waals surface area contributed by atoms with Crippen molar-refractivity contribution < 1.29 is 12.8 Å². The molecule has 4 nitrogen and oxygen atoms in total. The van der Waals surface area contributed by atoms with Gasteiger partial charge in [-0.05, 0) is 30.7 Å². The first kappa shape index (κ1) is 16.2. The molecule has 0 heterocycles. The molecule has 0 bridgehead atoms. The highest BCUT2D eigenvalue weighted by Gasteiger charge is 2.17. The minimum atomic E-state index is -3.91. The SMILES string of the molecule is Cc1cc(S(=O)(=O)/N=C(/c2ccccc2)N(C)C)ccc1F. The molecule has 2 aromatic rings. The van der Waals surface area contributed by atoms with Gasteiger partial charge in [0.05, 0.1) is 4.90 Å². The van der Waals surface area contributed by atoms with E-state index in [1.54, 1.807) is 31.1 Å². The van der Waals surface area contributed by atoms with Gasteiger partial charge in [-0.15, -0.1) is 4.40 Å². The van der Waals surface area contributed by atoms with Crippen molar-refractivity contribution in [2.24, 2.45) is 4.40 Å². The van der Waals surface area contributed by atoms with Crippen LogP contribution < -0.4 is 0 Å². The number of amidine groups is 1. The molecule has 116 valence electrons. The average Bonchev–Trinajstić information content (AvgIpc) is 2.48. The zero-order chi connectivity index (χ0) is 16.3. The molecule has 0 unspecified atom stereocenters. The number of rotatable bonds is 3. The van der Waals surface area contributed by atoms with Crippen molar-refractivity contribution in [3.05, 3.63) is 65.5 Å². The summed E-state index contributed by atoms with van der Waals surface area (Å²) in [5.41, 5.74) is 0.956. The maximum atomic E-state index is 13.3. The Morgan fingerprint density at radius 3 is 2.27 bits per heavy atom. The smallest absolute Gasteiger partial charge is 0.284 e. The van der Waals surface area contributed by atoms with Gasteiger partial charge in [-0.25, -0.2) is 4.39 Å². The van der Waals surface area contributed by atoms with Crippen molar-refractivity contribution >= 4 is 15.9 Å². The van der Waals surface area contributed by atoms with E-state index in [1.807, 2.05) is 18.2 Å². The van der Waals surface area contributed by atoms with Crippen molar-refractivity contribution in [3.8, 4) is 0 Å². The van der Waals surface area contributed by atoms with Gasteiger partial charge in [-0.2, -0.15) is 8.42 Å². The Hall–Kier alpha value is -2.21. The summed E-state index contributed by atoms with van der Waals surface area (Å²) < 4.78 is 42.1. The molecule has 0 aliphatic rings. The number of aryl methyl sites for hydroxylation is 1. The maximum Gasteiger partial charge on any atom is 0.284 e. The van der Waals surface area contributed by atoms with E-state index >= 15 is 0 Å². The lowest BCUT2D eigenvalue weighted by Gasteiger charge is -2.16. The van der Waals surface area contributed by atoms with Gasteiger partial charge in [-0.1, -0.05) is 30.3 Å². The van der Waals surface area contributed by atoms with Crippen LogP contribution in [0.4, 0.5) is 4.39 Å². The number of halogens is 1. The monoisotopic (exact) mass is 320 g/mol. The Labute approximate surface area is 130 Å². The minimum Gasteiger partial charge on any atom is -0.362 e. The Kier molecular flexibility index (Phi) is 4.61. The molecular formula is C16H17FN2O2S. The first-order chi connectivity index (χ1) is 10.3. The number of nitrogens with zero attached hydrogens (tertiary/aromatic N) is 2. The van der Waals surface area contributed by atoms with Gasteiger partial charge in [0.25, 0.3) is 10.0 Å². The van der Waals surface area contributed by atoms with Gasteiger partial charge in [0.15, 0.2) is 0 Å². The molecule has 0 radical (unpaired) electrons. The number of benzene rings is 2. The summed E-state index contributed by atoms with van der Waals surface area (Å²) in [7, 11) is -0.473. The van der Waals surface area contributed by atoms with Gasteiger partial charge in [-0.3, -0.25) is 0 Å². The number of sulfonamides is 1. The molecule has 0 aliphatic carbocycles. The van der Waals surface area contributed by atoms with E-state index in [0.717, 1.165) is 6.07 Å². The lowest BCUT2D eigenvalue weighted by Crippen LogP contribution is -2.24. The molecule has 0 saturated heterocycles. The molecule has 0 N–H and O–H groups in total. The van der Waals surface area contributed by atoms with Gasteiger partial charge in [0.2, 0.25) is 0 Å². The molecule has 0 spiro atoms. The fourth-order valence-corrected chi connectivity index (χ4v) is 3.09. The van der Waals surface area contributed by atoms with E-state index in [2.05, 4.69) is 4.40 Å². The van der Waals surface area contributed by atoms with E-state index in [0.29, 0.717) is 11.4 Å². The molecule has 0 amide bonds. The predicted molar refractivity (Wildman–Crippen MR) is 85.0 cm³/mol. The standard InChI is InChI=1S/C16H17FN2O2S/c1-12-11-14(9-10-15(12)17)22(20,21)18-16(19(2)3)13-7-5-4-6-8-13/h4-11H,1-3H3/b18-16-. The second-order valence-corrected chi connectivity index (χ2v) is 6.67. The fraction of sp³-hybridized carbons (Fsp3) is 0.188. The number of hydrogen-bond acceptors (Lipinski definition) is 2. The second kappa shape index (κ2) is 6.27. The first-order valence-electron chi connectivity index (χ1n) is 6.65. The normalized spacial score (nSPS) is 12.3. The zero-order valence-corrected chi connectivity index (χ0v) is 13.4. The number of hydrogen-bond donors (Lipinski definition) is 0. The average molecular weight is 320 g/mol. The lowest BCUT2D eigenvalue weighted by atomic mass is 10.2. The summed E-state index contributed by atoms with van der Waals surface area (Å²) in [5, 5.41) is 0. The van der Waals surface area contributed by atoms with Gasteiger partial charge in [0.1, 0.15) is 11.7 Å². The third kappa shape index (κ3) is 3.51. The molecule has 0 aliphatic heterocycles. The van der Waals surface area contributed by atoms with E-state index in [-0.39, 0.29) is 10.5 Å². The van der Waals surface area contributed by atoms with Gasteiger partial charge < -0.3 is 4.90 Å². The highest BCUT2D eigenvalue weighted by molar-refractivity contribution is 7.90. The third-order valence-corrected chi connectivity index (χ3v) is 4.35. The van der Waals surface area contributed by atoms with Crippen LogP contribution in [0.3, 0.4) is 0 Å². The largest absolute Gasteiger partial charge is 0.362 e. The van der Waals surface area contributed by atoms with Crippen LogP contribution in [0, 0.1) is 12.7 Å². The Bertz CT molecular complexity index is 800. The van der Waals surface area contributed by atoms with E-state index in [4.69, 9.17) is 0 Å². The molecule has 0 saturated carbocycles. The van der Waals surface area contributed by atoms with Crippen LogP contribution in [-0.2, 0) is 10.0 Å². The summed E-state index contributed by atoms with van der Waals surface area (Å²) >= 11 is 0. The van der Waals surface area contributed by atoms with Crippen LogP contribution in [0.5, 0.6) is 0 Å². The highest BCUT2D eigenvalue weighted by Crippen LogP contribution is 2.18. The molecule has 22 heavy (non-hydrogen) atoms. The van der Waals surface area contributed by atoms with Crippen molar-refractivity contribution in [2.45, 2.75) is 11.8 Å². The van der Waals surface area contributed by atoms with Crippen LogP contribution in [0.2, 0.25) is 0 Å². The van der Waals surface area contributed by atoms with Crippen molar-refractivity contribution in [1.82, 2.24) is 4.90 Å². The van der Waals surface area contributed by atoms with Crippen molar-refractivity contribution in [3.63, 3.8) is 0 Å². The second-order valence-electron chi connectivity index (χ2n) is 5.06. The molecule has 2 rings (SSSR count). The third-order valence-electron chi connectivity index (χ3n) is 3.09. The Morgan fingerprint density at radius 1 is 1.09 bits per heavy atom. The molecule has 2 aromatic carbocycles. The van der Waals surface area contributed by atoms with E-state index in [1.165, 1.54) is 19.1 Å².